The lowest BCUT2D eigenvalue weighted by molar-refractivity contribution is 0.630. The van der Waals surface area contributed by atoms with Gasteiger partial charge in [-0.3, -0.25) is 0 Å². The first-order valence-electron chi connectivity index (χ1n) is 5.87. The summed E-state index contributed by atoms with van der Waals surface area (Å²) < 4.78 is 0. The van der Waals surface area contributed by atoms with Crippen molar-refractivity contribution in [2.24, 2.45) is 5.73 Å². The Morgan fingerprint density at radius 3 is 2.59 bits per heavy atom. The van der Waals surface area contributed by atoms with Gasteiger partial charge in [0.25, 0.3) is 0 Å². The van der Waals surface area contributed by atoms with E-state index in [0.29, 0.717) is 16.1 Å². The normalized spacial score (nSPS) is 12.2. The second-order valence-electron chi connectivity index (χ2n) is 4.07. The first kappa shape index (κ1) is 14.3. The Morgan fingerprint density at radius 2 is 2.12 bits per heavy atom. The van der Waals surface area contributed by atoms with Gasteiger partial charge in [-0.15, -0.1) is 0 Å². The molecule has 1 unspecified atom stereocenters. The van der Waals surface area contributed by atoms with Gasteiger partial charge in [0.15, 0.2) is 0 Å². The molecule has 0 saturated carbocycles. The molecule has 0 aliphatic carbocycles. The molecule has 2 nitrogen and oxygen atoms in total. The molecule has 0 saturated heterocycles. The van der Waals surface area contributed by atoms with Crippen LogP contribution in [0.25, 0.3) is 0 Å². The van der Waals surface area contributed by atoms with Crippen molar-refractivity contribution in [1.82, 2.24) is 0 Å². The number of hydrogen-bond acceptors (Lipinski definition) is 2. The number of benzene rings is 1. The van der Waals surface area contributed by atoms with E-state index in [2.05, 4.69) is 25.7 Å². The van der Waals surface area contributed by atoms with E-state index in [4.69, 9.17) is 29.6 Å². The highest BCUT2D eigenvalue weighted by molar-refractivity contribution is 7.80. The molecule has 0 radical (unpaired) electrons. The summed E-state index contributed by atoms with van der Waals surface area (Å²) >= 11 is 11.1. The maximum Gasteiger partial charge on any atom is 0.106 e. The number of halogens is 1. The number of hydrogen-bond donors (Lipinski definition) is 1. The van der Waals surface area contributed by atoms with E-state index < -0.39 is 0 Å². The van der Waals surface area contributed by atoms with Crippen molar-refractivity contribution < 1.29 is 0 Å². The van der Waals surface area contributed by atoms with Crippen molar-refractivity contribution in [2.45, 2.75) is 33.2 Å². The van der Waals surface area contributed by atoms with E-state index in [1.165, 1.54) is 0 Å². The highest BCUT2D eigenvalue weighted by atomic mass is 35.5. The molecule has 0 heterocycles. The zero-order chi connectivity index (χ0) is 13.0. The van der Waals surface area contributed by atoms with Gasteiger partial charge in [-0.25, -0.2) is 0 Å². The predicted molar refractivity (Wildman–Crippen MR) is 80.1 cm³/mol. The van der Waals surface area contributed by atoms with Crippen molar-refractivity contribution in [3.63, 3.8) is 0 Å². The van der Waals surface area contributed by atoms with Gasteiger partial charge < -0.3 is 10.6 Å². The van der Waals surface area contributed by atoms with Gasteiger partial charge in [0, 0.05) is 28.9 Å². The minimum absolute atomic E-state index is 0.393. The number of thiocarbonyl (C=S) groups is 1. The predicted octanol–water partition coefficient (Wildman–Crippen LogP) is 3.60. The zero-order valence-corrected chi connectivity index (χ0v) is 12.1. The van der Waals surface area contributed by atoms with Crippen LogP contribution in [-0.2, 0) is 0 Å². The van der Waals surface area contributed by atoms with E-state index in [1.54, 1.807) is 0 Å². The van der Waals surface area contributed by atoms with E-state index in [9.17, 15) is 0 Å². The van der Waals surface area contributed by atoms with Crippen LogP contribution in [-0.4, -0.2) is 17.6 Å². The van der Waals surface area contributed by atoms with Crippen LogP contribution < -0.4 is 10.6 Å². The van der Waals surface area contributed by atoms with Crippen molar-refractivity contribution in [3.05, 3.63) is 28.8 Å². The van der Waals surface area contributed by atoms with Crippen LogP contribution in [0.15, 0.2) is 18.2 Å². The van der Waals surface area contributed by atoms with E-state index in [-0.39, 0.29) is 0 Å². The van der Waals surface area contributed by atoms with E-state index in [1.807, 2.05) is 18.2 Å². The molecule has 0 fully saturated rings. The van der Waals surface area contributed by atoms with E-state index in [0.717, 1.165) is 24.2 Å². The zero-order valence-electron chi connectivity index (χ0n) is 10.5. The van der Waals surface area contributed by atoms with Crippen LogP contribution >= 0.6 is 23.8 Å². The molecule has 1 aromatic carbocycles. The second kappa shape index (κ2) is 6.22. The fourth-order valence-electron chi connectivity index (χ4n) is 1.90. The third kappa shape index (κ3) is 3.33. The molecule has 2 N–H and O–H groups in total. The van der Waals surface area contributed by atoms with Crippen LogP contribution in [0, 0.1) is 0 Å². The van der Waals surface area contributed by atoms with Gasteiger partial charge in [-0.05, 0) is 38.5 Å². The average Bonchev–Trinajstić information content (AvgIpc) is 2.31. The first-order valence-corrected chi connectivity index (χ1v) is 6.65. The van der Waals surface area contributed by atoms with Crippen LogP contribution in [0.1, 0.15) is 32.8 Å². The molecule has 94 valence electrons. The highest BCUT2D eigenvalue weighted by Gasteiger charge is 2.16. The Bertz CT molecular complexity index is 406. The van der Waals surface area contributed by atoms with Gasteiger partial charge in [0.05, 0.1) is 0 Å². The Morgan fingerprint density at radius 1 is 1.47 bits per heavy atom. The topological polar surface area (TPSA) is 29.3 Å². The van der Waals surface area contributed by atoms with Crippen molar-refractivity contribution in [2.75, 3.05) is 11.4 Å². The number of nitrogens with zero attached hydrogens (tertiary/aromatic N) is 1. The fourth-order valence-corrected chi connectivity index (χ4v) is 2.23. The van der Waals surface area contributed by atoms with Crippen LogP contribution in [0.2, 0.25) is 5.02 Å². The van der Waals surface area contributed by atoms with Gasteiger partial charge in [-0.2, -0.15) is 0 Å². The summed E-state index contributed by atoms with van der Waals surface area (Å²) in [7, 11) is 0. The largest absolute Gasteiger partial charge is 0.389 e. The molecule has 4 heteroatoms. The molecule has 17 heavy (non-hydrogen) atoms. The summed E-state index contributed by atoms with van der Waals surface area (Å²) in [6, 6.07) is 6.16. The maximum absolute atomic E-state index is 5.99. The molecule has 0 aliphatic rings. The smallest absolute Gasteiger partial charge is 0.106 e. The quantitative estimate of drug-likeness (QED) is 0.829. The lowest BCUT2D eigenvalue weighted by Crippen LogP contribution is -2.34. The third-order valence-corrected chi connectivity index (χ3v) is 3.45. The van der Waals surface area contributed by atoms with Gasteiger partial charge in [0.2, 0.25) is 0 Å². The molecule has 1 atom stereocenters. The number of anilines is 1. The number of nitrogens with two attached hydrogens (primary N) is 1. The highest BCUT2D eigenvalue weighted by Crippen LogP contribution is 2.26. The SMILES string of the molecule is CCC(C)N(CC)c1ccc(Cl)cc1C(N)=S. The monoisotopic (exact) mass is 270 g/mol. The number of rotatable bonds is 5. The first-order chi connectivity index (χ1) is 8.01. The van der Waals surface area contributed by atoms with Gasteiger partial charge in [0.1, 0.15) is 4.99 Å². The molecule has 0 spiro atoms. The summed E-state index contributed by atoms with van der Waals surface area (Å²) in [6.45, 7) is 7.42. The summed E-state index contributed by atoms with van der Waals surface area (Å²) in [5, 5.41) is 0.664. The Hall–Kier alpha value is -0.800. The molecule has 0 bridgehead atoms. The van der Waals surface area contributed by atoms with Crippen molar-refractivity contribution in [3.8, 4) is 0 Å². The van der Waals surface area contributed by atoms with Crippen LogP contribution in [0.4, 0.5) is 5.69 Å². The molecule has 1 aromatic rings. The minimum Gasteiger partial charge on any atom is -0.389 e. The second-order valence-corrected chi connectivity index (χ2v) is 4.95. The molecular formula is C13H19ClN2S. The lowest BCUT2D eigenvalue weighted by Gasteiger charge is -2.31. The third-order valence-electron chi connectivity index (χ3n) is 3.00. The van der Waals surface area contributed by atoms with Crippen molar-refractivity contribution in [1.29, 1.82) is 0 Å². The molecule has 0 aromatic heterocycles. The summed E-state index contributed by atoms with van der Waals surface area (Å²) in [4.78, 5) is 2.69. The Labute approximate surface area is 114 Å². The van der Waals surface area contributed by atoms with E-state index >= 15 is 0 Å². The fraction of sp³-hybridized carbons (Fsp3) is 0.462. The molecule has 0 amide bonds. The maximum atomic E-state index is 5.99. The standard InChI is InChI=1S/C13H19ClN2S/c1-4-9(3)16(5-2)12-7-6-10(14)8-11(12)13(15)17/h6-9H,4-5H2,1-3H3,(H2,15,17). The summed E-state index contributed by atoms with van der Waals surface area (Å²) in [5.41, 5.74) is 7.69. The minimum atomic E-state index is 0.393. The average molecular weight is 271 g/mol. The van der Waals surface area contributed by atoms with Gasteiger partial charge >= 0.3 is 0 Å². The van der Waals surface area contributed by atoms with Crippen molar-refractivity contribution >= 4 is 34.5 Å². The molecular weight excluding hydrogens is 252 g/mol. The summed E-state index contributed by atoms with van der Waals surface area (Å²) in [5.74, 6) is 0. The van der Waals surface area contributed by atoms with Crippen LogP contribution in [0.3, 0.4) is 0 Å². The van der Waals surface area contributed by atoms with Crippen LogP contribution in [0.5, 0.6) is 0 Å². The molecule has 1 rings (SSSR count). The summed E-state index contributed by atoms with van der Waals surface area (Å²) in [6.07, 6.45) is 1.08. The Kier molecular flexibility index (Phi) is 5.22. The van der Waals surface area contributed by atoms with Gasteiger partial charge in [-0.1, -0.05) is 30.7 Å². The molecule has 0 aliphatic heterocycles. The lowest BCUT2D eigenvalue weighted by atomic mass is 10.1. The Balaban J connectivity index is 3.23.